The maximum absolute atomic E-state index is 12.2. The molecule has 148 valence electrons. The number of urea groups is 1. The second-order valence-electron chi connectivity index (χ2n) is 6.71. The van der Waals surface area contributed by atoms with Crippen LogP contribution in [0.5, 0.6) is 0 Å². The van der Waals surface area contributed by atoms with Crippen molar-refractivity contribution in [2.75, 3.05) is 16.0 Å². The van der Waals surface area contributed by atoms with Crippen LogP contribution in [0.25, 0.3) is 0 Å². The van der Waals surface area contributed by atoms with Crippen molar-refractivity contribution in [2.24, 2.45) is 0 Å². The number of amides is 4. The van der Waals surface area contributed by atoms with E-state index in [-0.39, 0.29) is 30.3 Å². The van der Waals surface area contributed by atoms with Crippen LogP contribution in [0.3, 0.4) is 0 Å². The number of nitrogens with one attached hydrogen (secondary N) is 4. The molecule has 8 nitrogen and oxygen atoms in total. The van der Waals surface area contributed by atoms with Gasteiger partial charge in [0.15, 0.2) is 5.13 Å². The normalized spacial score (nSPS) is 13.8. The van der Waals surface area contributed by atoms with Crippen molar-refractivity contribution in [3.05, 3.63) is 35.3 Å². The summed E-state index contributed by atoms with van der Waals surface area (Å²) in [7, 11) is 0. The summed E-state index contributed by atoms with van der Waals surface area (Å²) in [4.78, 5) is 39.6. The molecule has 2 aromatic rings. The number of aromatic nitrogens is 1. The number of anilines is 3. The van der Waals surface area contributed by atoms with Gasteiger partial charge in [-0.3, -0.25) is 14.9 Å². The van der Waals surface area contributed by atoms with Crippen LogP contribution in [-0.2, 0) is 16.0 Å². The molecule has 3 rings (SSSR count). The molecule has 9 heteroatoms. The summed E-state index contributed by atoms with van der Waals surface area (Å²) in [6.07, 6.45) is 4.41. The first-order chi connectivity index (χ1) is 13.5. The average Bonchev–Trinajstić information content (AvgIpc) is 3.26. The van der Waals surface area contributed by atoms with Crippen molar-refractivity contribution in [1.82, 2.24) is 10.3 Å². The maximum atomic E-state index is 12.2. The van der Waals surface area contributed by atoms with E-state index < -0.39 is 0 Å². The summed E-state index contributed by atoms with van der Waals surface area (Å²) in [6.45, 7) is 1.42. The summed E-state index contributed by atoms with van der Waals surface area (Å²) < 4.78 is 0. The van der Waals surface area contributed by atoms with E-state index in [0.717, 1.165) is 25.7 Å². The molecular formula is C19H23N5O3S. The van der Waals surface area contributed by atoms with Crippen LogP contribution in [0.2, 0.25) is 0 Å². The number of benzene rings is 1. The van der Waals surface area contributed by atoms with E-state index in [0.29, 0.717) is 22.2 Å². The lowest BCUT2D eigenvalue weighted by atomic mass is 10.2. The molecule has 1 heterocycles. The van der Waals surface area contributed by atoms with Gasteiger partial charge in [-0.15, -0.1) is 11.3 Å². The van der Waals surface area contributed by atoms with Crippen molar-refractivity contribution in [3.8, 4) is 0 Å². The van der Waals surface area contributed by atoms with Crippen molar-refractivity contribution < 1.29 is 14.4 Å². The highest BCUT2D eigenvalue weighted by molar-refractivity contribution is 7.13. The summed E-state index contributed by atoms with van der Waals surface area (Å²) in [5.74, 6) is -0.407. The molecule has 4 amide bonds. The van der Waals surface area contributed by atoms with Gasteiger partial charge < -0.3 is 16.0 Å². The summed E-state index contributed by atoms with van der Waals surface area (Å²) >= 11 is 1.28. The molecule has 4 N–H and O–H groups in total. The molecule has 0 bridgehead atoms. The third-order valence-corrected chi connectivity index (χ3v) is 5.08. The lowest BCUT2D eigenvalue weighted by molar-refractivity contribution is -0.116. The van der Waals surface area contributed by atoms with Crippen LogP contribution in [0.15, 0.2) is 29.6 Å². The van der Waals surface area contributed by atoms with Gasteiger partial charge in [-0.05, 0) is 31.0 Å². The molecular weight excluding hydrogens is 378 g/mol. The zero-order valence-electron chi connectivity index (χ0n) is 15.6. The van der Waals surface area contributed by atoms with Gasteiger partial charge >= 0.3 is 6.03 Å². The molecule has 1 saturated carbocycles. The van der Waals surface area contributed by atoms with Gasteiger partial charge in [0.05, 0.1) is 12.1 Å². The minimum atomic E-state index is -0.257. The molecule has 0 unspecified atom stereocenters. The minimum absolute atomic E-state index is 0.0901. The molecule has 28 heavy (non-hydrogen) atoms. The number of nitrogens with zero attached hydrogens (tertiary/aromatic N) is 1. The van der Waals surface area contributed by atoms with E-state index in [1.807, 2.05) is 0 Å². The molecule has 0 spiro atoms. The Labute approximate surface area is 167 Å². The standard InChI is InChI=1S/C19H23N5O3S/c1-12(25)20-14-7-4-8-15(9-14)21-17(26)10-16-11-28-19(23-16)24-18(27)22-13-5-2-3-6-13/h4,7-9,11,13H,2-3,5-6,10H2,1H3,(H,20,25)(H,21,26)(H2,22,23,24,27). The molecule has 0 radical (unpaired) electrons. The van der Waals surface area contributed by atoms with Crippen molar-refractivity contribution in [1.29, 1.82) is 0 Å². The fraction of sp³-hybridized carbons (Fsp3) is 0.368. The van der Waals surface area contributed by atoms with Crippen molar-refractivity contribution in [3.63, 3.8) is 0 Å². The number of rotatable bonds is 6. The highest BCUT2D eigenvalue weighted by atomic mass is 32.1. The zero-order valence-corrected chi connectivity index (χ0v) is 16.4. The molecule has 1 fully saturated rings. The first kappa shape index (κ1) is 19.8. The number of carbonyl (C=O) groups excluding carboxylic acids is 3. The highest BCUT2D eigenvalue weighted by Crippen LogP contribution is 2.20. The van der Waals surface area contributed by atoms with E-state index in [1.54, 1.807) is 29.6 Å². The lowest BCUT2D eigenvalue weighted by Gasteiger charge is -2.11. The first-order valence-electron chi connectivity index (χ1n) is 9.17. The molecule has 0 atom stereocenters. The van der Waals surface area contributed by atoms with Gasteiger partial charge in [0, 0.05) is 29.7 Å². The van der Waals surface area contributed by atoms with Crippen LogP contribution in [-0.4, -0.2) is 28.9 Å². The Morgan fingerprint density at radius 3 is 2.54 bits per heavy atom. The van der Waals surface area contributed by atoms with Crippen molar-refractivity contribution >= 4 is 45.7 Å². The zero-order chi connectivity index (χ0) is 19.9. The van der Waals surface area contributed by atoms with Gasteiger partial charge in [0.25, 0.3) is 0 Å². The number of hydrogen-bond acceptors (Lipinski definition) is 5. The van der Waals surface area contributed by atoms with Gasteiger partial charge in [0.2, 0.25) is 11.8 Å². The molecule has 1 aromatic heterocycles. The Morgan fingerprint density at radius 1 is 1.11 bits per heavy atom. The second-order valence-corrected chi connectivity index (χ2v) is 7.57. The summed E-state index contributed by atoms with van der Waals surface area (Å²) in [6, 6.07) is 6.89. The highest BCUT2D eigenvalue weighted by Gasteiger charge is 2.18. The van der Waals surface area contributed by atoms with Crippen LogP contribution in [0.1, 0.15) is 38.3 Å². The minimum Gasteiger partial charge on any atom is -0.335 e. The van der Waals surface area contributed by atoms with Crippen molar-refractivity contribution in [2.45, 2.75) is 45.1 Å². The first-order valence-corrected chi connectivity index (χ1v) is 10.1. The van der Waals surface area contributed by atoms with Gasteiger partial charge in [-0.1, -0.05) is 18.9 Å². The Morgan fingerprint density at radius 2 is 1.82 bits per heavy atom. The predicted octanol–water partition coefficient (Wildman–Crippen LogP) is 3.35. The molecule has 0 aliphatic heterocycles. The molecule has 1 aromatic carbocycles. The fourth-order valence-electron chi connectivity index (χ4n) is 3.08. The lowest BCUT2D eigenvalue weighted by Crippen LogP contribution is -2.36. The van der Waals surface area contributed by atoms with E-state index in [9.17, 15) is 14.4 Å². The topological polar surface area (TPSA) is 112 Å². The SMILES string of the molecule is CC(=O)Nc1cccc(NC(=O)Cc2csc(NC(=O)NC3CCCC3)n2)c1. The van der Waals surface area contributed by atoms with E-state index in [1.165, 1.54) is 18.3 Å². The molecule has 1 aliphatic carbocycles. The maximum Gasteiger partial charge on any atom is 0.321 e. The summed E-state index contributed by atoms with van der Waals surface area (Å²) in [5.41, 5.74) is 1.77. The average molecular weight is 401 g/mol. The predicted molar refractivity (Wildman–Crippen MR) is 110 cm³/mol. The molecule has 1 aliphatic rings. The van der Waals surface area contributed by atoms with E-state index in [4.69, 9.17) is 0 Å². The third kappa shape index (κ3) is 6.05. The fourth-order valence-corrected chi connectivity index (χ4v) is 3.79. The Hall–Kier alpha value is -2.94. The molecule has 0 saturated heterocycles. The number of hydrogen-bond donors (Lipinski definition) is 4. The Kier molecular flexibility index (Phi) is 6.59. The van der Waals surface area contributed by atoms with Gasteiger partial charge in [0.1, 0.15) is 0 Å². The Balaban J connectivity index is 1.49. The smallest absolute Gasteiger partial charge is 0.321 e. The monoisotopic (exact) mass is 401 g/mol. The number of thiazole rings is 1. The van der Waals surface area contributed by atoms with Crippen LogP contribution in [0, 0.1) is 0 Å². The van der Waals surface area contributed by atoms with Crippen LogP contribution < -0.4 is 21.3 Å². The van der Waals surface area contributed by atoms with Crippen LogP contribution in [0.4, 0.5) is 21.3 Å². The Bertz CT molecular complexity index is 861. The largest absolute Gasteiger partial charge is 0.335 e. The van der Waals surface area contributed by atoms with Gasteiger partial charge in [-0.25, -0.2) is 9.78 Å². The number of carbonyl (C=O) groups is 3. The quantitative estimate of drug-likeness (QED) is 0.595. The second kappa shape index (κ2) is 9.32. The van der Waals surface area contributed by atoms with Gasteiger partial charge in [-0.2, -0.15) is 0 Å². The van der Waals surface area contributed by atoms with E-state index in [2.05, 4.69) is 26.3 Å². The van der Waals surface area contributed by atoms with Crippen LogP contribution >= 0.6 is 11.3 Å². The summed E-state index contributed by atoms with van der Waals surface area (Å²) in [5, 5.41) is 13.3. The van der Waals surface area contributed by atoms with E-state index >= 15 is 0 Å². The third-order valence-electron chi connectivity index (χ3n) is 4.27.